The number of carbonyl (C=O) groups is 1. The van der Waals surface area contributed by atoms with Gasteiger partial charge in [-0.3, -0.25) is 9.59 Å². The van der Waals surface area contributed by atoms with E-state index in [2.05, 4.69) is 9.97 Å². The normalized spacial score (nSPS) is 15.7. The third kappa shape index (κ3) is 3.84. The van der Waals surface area contributed by atoms with Crippen LogP contribution in [0.4, 0.5) is 8.78 Å². The van der Waals surface area contributed by atoms with Crippen LogP contribution in [-0.4, -0.2) is 39.3 Å². The van der Waals surface area contributed by atoms with Crippen molar-refractivity contribution in [1.29, 1.82) is 0 Å². The summed E-state index contributed by atoms with van der Waals surface area (Å²) >= 11 is 0. The smallest absolute Gasteiger partial charge is 0.290 e. The Kier molecular flexibility index (Phi) is 5.95. The fourth-order valence-corrected chi connectivity index (χ4v) is 3.13. The Balaban J connectivity index is 0.000000706. The zero-order chi connectivity index (χ0) is 20.1. The first kappa shape index (κ1) is 19.4. The summed E-state index contributed by atoms with van der Waals surface area (Å²) in [5, 5.41) is 6.89. The van der Waals surface area contributed by atoms with Crippen LogP contribution in [0.3, 0.4) is 0 Å². The maximum atomic E-state index is 14.3. The molecule has 1 aliphatic heterocycles. The molecule has 0 radical (unpaired) electrons. The summed E-state index contributed by atoms with van der Waals surface area (Å²) in [6.45, 7) is 0.844. The number of nitrogens with zero attached hydrogens (tertiary/aromatic N) is 2. The minimum Gasteiger partial charge on any atom is -0.483 e. The number of hydrogen-bond acceptors (Lipinski definition) is 4. The van der Waals surface area contributed by atoms with Crippen LogP contribution in [0, 0.1) is 11.6 Å². The number of aromatic amines is 1. The molecule has 146 valence electrons. The van der Waals surface area contributed by atoms with Gasteiger partial charge in [0.05, 0.1) is 35.9 Å². The van der Waals surface area contributed by atoms with Gasteiger partial charge in [0.25, 0.3) is 12.0 Å². The van der Waals surface area contributed by atoms with Gasteiger partial charge in [0.1, 0.15) is 11.6 Å². The van der Waals surface area contributed by atoms with Crippen LogP contribution in [0.15, 0.2) is 47.7 Å². The molecule has 1 aliphatic rings. The highest BCUT2D eigenvalue weighted by Crippen LogP contribution is 2.35. The molecule has 1 saturated heterocycles. The van der Waals surface area contributed by atoms with Crippen molar-refractivity contribution in [1.82, 2.24) is 14.5 Å². The summed E-state index contributed by atoms with van der Waals surface area (Å²) in [5.41, 5.74) is 0.755. The Morgan fingerprint density at radius 3 is 2.75 bits per heavy atom. The number of pyridine rings is 1. The lowest BCUT2D eigenvalue weighted by Crippen LogP contribution is -2.14. The van der Waals surface area contributed by atoms with Crippen LogP contribution in [0.1, 0.15) is 12.5 Å². The van der Waals surface area contributed by atoms with Crippen molar-refractivity contribution < 1.29 is 23.4 Å². The molecular formula is C19H17F2N3O4. The molecule has 1 unspecified atom stereocenters. The van der Waals surface area contributed by atoms with Gasteiger partial charge in [0, 0.05) is 18.4 Å². The molecule has 2 aromatic heterocycles. The molecule has 28 heavy (non-hydrogen) atoms. The average molecular weight is 389 g/mol. The molecule has 4 rings (SSSR count). The number of ether oxygens (including phenoxy) is 1. The molecule has 7 nitrogen and oxygen atoms in total. The van der Waals surface area contributed by atoms with Crippen LogP contribution < -0.4 is 5.56 Å². The van der Waals surface area contributed by atoms with E-state index in [4.69, 9.17) is 14.6 Å². The van der Waals surface area contributed by atoms with E-state index < -0.39 is 11.6 Å². The van der Waals surface area contributed by atoms with Gasteiger partial charge in [-0.15, -0.1) is 0 Å². The van der Waals surface area contributed by atoms with Crippen molar-refractivity contribution in [3.63, 3.8) is 0 Å². The van der Waals surface area contributed by atoms with E-state index in [9.17, 15) is 13.6 Å². The Morgan fingerprint density at radius 2 is 2.07 bits per heavy atom. The lowest BCUT2D eigenvalue weighted by atomic mass is 10.0. The summed E-state index contributed by atoms with van der Waals surface area (Å²) in [4.78, 5) is 27.6. The van der Waals surface area contributed by atoms with E-state index in [0.717, 1.165) is 24.6 Å². The lowest BCUT2D eigenvalue weighted by molar-refractivity contribution is -0.122. The van der Waals surface area contributed by atoms with Gasteiger partial charge >= 0.3 is 0 Å². The molecule has 0 aliphatic carbocycles. The van der Waals surface area contributed by atoms with Gasteiger partial charge in [-0.05, 0) is 36.8 Å². The fraction of sp³-hybridized carbons (Fsp3) is 0.211. The largest absolute Gasteiger partial charge is 0.483 e. The van der Waals surface area contributed by atoms with E-state index in [1.165, 1.54) is 6.20 Å². The van der Waals surface area contributed by atoms with E-state index in [1.807, 2.05) is 4.57 Å². The first-order valence-corrected chi connectivity index (χ1v) is 8.42. The van der Waals surface area contributed by atoms with Crippen LogP contribution in [0.5, 0.6) is 0 Å². The second kappa shape index (κ2) is 8.57. The molecule has 0 bridgehead atoms. The van der Waals surface area contributed by atoms with Crippen LogP contribution in [0.2, 0.25) is 0 Å². The van der Waals surface area contributed by atoms with Gasteiger partial charge < -0.3 is 19.4 Å². The lowest BCUT2D eigenvalue weighted by Gasteiger charge is -2.15. The van der Waals surface area contributed by atoms with Gasteiger partial charge in [0.2, 0.25) is 0 Å². The van der Waals surface area contributed by atoms with Crippen LogP contribution >= 0.6 is 0 Å². The van der Waals surface area contributed by atoms with Gasteiger partial charge in [-0.2, -0.15) is 0 Å². The van der Waals surface area contributed by atoms with Crippen molar-refractivity contribution in [2.45, 2.75) is 12.5 Å². The molecule has 1 aromatic carbocycles. The molecule has 3 heterocycles. The minimum absolute atomic E-state index is 0.00697. The van der Waals surface area contributed by atoms with Crippen molar-refractivity contribution in [2.75, 3.05) is 13.2 Å². The summed E-state index contributed by atoms with van der Waals surface area (Å²) < 4.78 is 35.2. The quantitative estimate of drug-likeness (QED) is 0.672. The van der Waals surface area contributed by atoms with Crippen molar-refractivity contribution in [3.05, 3.63) is 64.8 Å². The first-order valence-electron chi connectivity index (χ1n) is 8.42. The zero-order valence-corrected chi connectivity index (χ0v) is 14.6. The summed E-state index contributed by atoms with van der Waals surface area (Å²) in [7, 11) is 0. The SMILES string of the molecule is O=CO.O=c1[nH]cccc1-c1c(-c2cc(F)ccc2F)ncn1C1CCOC1. The average Bonchev–Trinajstić information content (AvgIpc) is 3.34. The number of benzene rings is 1. The highest BCUT2D eigenvalue weighted by atomic mass is 19.1. The number of H-pyrrole nitrogens is 1. The predicted octanol–water partition coefficient (Wildman–Crippen LogP) is 2.85. The Labute approximate surface area is 158 Å². The van der Waals surface area contributed by atoms with Crippen molar-refractivity contribution >= 4 is 6.47 Å². The molecule has 1 fully saturated rings. The number of imidazole rings is 1. The monoisotopic (exact) mass is 389 g/mol. The number of aromatic nitrogens is 3. The first-order chi connectivity index (χ1) is 13.6. The Morgan fingerprint density at radius 1 is 1.29 bits per heavy atom. The van der Waals surface area contributed by atoms with Gasteiger partial charge in [0.15, 0.2) is 0 Å². The van der Waals surface area contributed by atoms with Crippen molar-refractivity contribution in [2.24, 2.45) is 0 Å². The molecule has 9 heteroatoms. The summed E-state index contributed by atoms with van der Waals surface area (Å²) in [5.74, 6) is -1.16. The maximum Gasteiger partial charge on any atom is 0.290 e. The number of hydrogen-bond donors (Lipinski definition) is 2. The predicted molar refractivity (Wildman–Crippen MR) is 96.8 cm³/mol. The second-order valence-corrected chi connectivity index (χ2v) is 6.01. The van der Waals surface area contributed by atoms with Gasteiger partial charge in [-0.25, -0.2) is 13.8 Å². The highest BCUT2D eigenvalue weighted by molar-refractivity contribution is 5.78. The molecule has 0 amide bonds. The third-order valence-electron chi connectivity index (χ3n) is 4.35. The van der Waals surface area contributed by atoms with Crippen LogP contribution in [0.25, 0.3) is 22.5 Å². The Bertz CT molecular complexity index is 1030. The van der Waals surface area contributed by atoms with Gasteiger partial charge in [-0.1, -0.05) is 0 Å². The highest BCUT2D eigenvalue weighted by Gasteiger charge is 2.26. The van der Waals surface area contributed by atoms with E-state index in [1.54, 1.807) is 18.5 Å². The molecule has 0 saturated carbocycles. The van der Waals surface area contributed by atoms with E-state index in [-0.39, 0.29) is 29.3 Å². The zero-order valence-electron chi connectivity index (χ0n) is 14.6. The molecule has 3 aromatic rings. The standard InChI is InChI=1S/C18H15F2N3O2.CH2O2/c19-11-3-4-15(20)14(8-11)16-17(13-2-1-6-21-18(13)24)23(10-22-16)12-5-7-25-9-12;2-1-3/h1-4,6,8,10,12H,5,7,9H2,(H,21,24);1H,(H,2,3). The second-order valence-electron chi connectivity index (χ2n) is 6.01. The number of rotatable bonds is 3. The third-order valence-corrected chi connectivity index (χ3v) is 4.35. The maximum absolute atomic E-state index is 14.3. The molecule has 1 atom stereocenters. The summed E-state index contributed by atoms with van der Waals surface area (Å²) in [6.07, 6.45) is 3.84. The summed E-state index contributed by atoms with van der Waals surface area (Å²) in [6, 6.07) is 6.52. The van der Waals surface area contributed by atoms with Crippen molar-refractivity contribution in [3.8, 4) is 22.5 Å². The number of halogens is 2. The number of nitrogens with one attached hydrogen (secondary N) is 1. The molecule has 2 N–H and O–H groups in total. The Hall–Kier alpha value is -3.33. The molecule has 0 spiro atoms. The van der Waals surface area contributed by atoms with Crippen LogP contribution in [-0.2, 0) is 9.53 Å². The molecular weight excluding hydrogens is 372 g/mol. The van der Waals surface area contributed by atoms with E-state index in [0.29, 0.717) is 24.5 Å². The topological polar surface area (TPSA) is 97.2 Å². The fourth-order valence-electron chi connectivity index (χ4n) is 3.13. The minimum atomic E-state index is -0.595. The van der Waals surface area contributed by atoms with E-state index >= 15 is 0 Å². The number of carboxylic acid groups (broad SMARTS) is 1.